The minimum absolute atomic E-state index is 0.0980. The number of hydrogen-bond acceptors (Lipinski definition) is 7. The molecule has 6 heterocycles. The Morgan fingerprint density at radius 3 is 2.59 bits per heavy atom. The summed E-state index contributed by atoms with van der Waals surface area (Å²) in [7, 11) is 0. The predicted octanol–water partition coefficient (Wildman–Crippen LogP) is 6.83. The van der Waals surface area contributed by atoms with Crippen LogP contribution in [0.4, 0.5) is 10.1 Å². The summed E-state index contributed by atoms with van der Waals surface area (Å²) < 4.78 is 20.8. The smallest absolute Gasteiger partial charge is 0.229 e. The number of amides is 1. The molecule has 5 aromatic heterocycles. The van der Waals surface area contributed by atoms with Crippen molar-refractivity contribution in [1.82, 2.24) is 35.0 Å². The third-order valence-electron chi connectivity index (χ3n) is 8.28. The number of halogens is 1. The molecule has 0 unspecified atom stereocenters. The number of likely N-dealkylation sites (tertiary alicyclic amines) is 1. The number of anilines is 1. The highest BCUT2D eigenvalue weighted by molar-refractivity contribution is 6.01. The van der Waals surface area contributed by atoms with Gasteiger partial charge in [-0.25, -0.2) is 4.39 Å². The summed E-state index contributed by atoms with van der Waals surface area (Å²) in [5.74, 6) is 0.0345. The molecule has 1 aliphatic heterocycles. The van der Waals surface area contributed by atoms with E-state index >= 15 is 0 Å². The molecule has 46 heavy (non-hydrogen) atoms. The van der Waals surface area contributed by atoms with E-state index in [4.69, 9.17) is 4.74 Å². The SMILES string of the molecule is CC(C)(C)C(=O)Nc1cncc(-c2cc3c(-c4cc5c(-c6cc(F)cc(OCCN7CCCC7)c6)cncc5[nH]4)n[nH]c3cn2)c1. The summed E-state index contributed by atoms with van der Waals surface area (Å²) in [5, 5.41) is 12.4. The fourth-order valence-electron chi connectivity index (χ4n) is 5.76. The number of ether oxygens (including phenoxy) is 1. The van der Waals surface area contributed by atoms with Gasteiger partial charge in [-0.2, -0.15) is 5.10 Å². The molecule has 6 aromatic rings. The van der Waals surface area contributed by atoms with Gasteiger partial charge in [0.1, 0.15) is 23.9 Å². The van der Waals surface area contributed by atoms with Crippen LogP contribution < -0.4 is 10.1 Å². The first-order valence-electron chi connectivity index (χ1n) is 15.5. The second kappa shape index (κ2) is 12.0. The number of nitrogens with one attached hydrogen (secondary N) is 3. The van der Waals surface area contributed by atoms with E-state index < -0.39 is 5.41 Å². The van der Waals surface area contributed by atoms with Crippen molar-refractivity contribution in [2.75, 3.05) is 31.6 Å². The van der Waals surface area contributed by atoms with E-state index in [1.54, 1.807) is 31.0 Å². The molecule has 3 N–H and O–H groups in total. The van der Waals surface area contributed by atoms with Gasteiger partial charge in [0, 0.05) is 52.3 Å². The Balaban J connectivity index is 1.19. The molecule has 0 atom stereocenters. The number of hydrogen-bond donors (Lipinski definition) is 3. The largest absolute Gasteiger partial charge is 0.492 e. The zero-order valence-electron chi connectivity index (χ0n) is 26.0. The van der Waals surface area contributed by atoms with Crippen LogP contribution in [-0.2, 0) is 4.79 Å². The lowest BCUT2D eigenvalue weighted by Gasteiger charge is -2.17. The number of benzene rings is 1. The molecular weight excluding hydrogens is 583 g/mol. The molecule has 1 saturated heterocycles. The molecule has 1 aliphatic rings. The van der Waals surface area contributed by atoms with Crippen molar-refractivity contribution in [3.05, 3.63) is 73.2 Å². The van der Waals surface area contributed by atoms with Crippen LogP contribution in [0.3, 0.4) is 0 Å². The molecule has 0 aliphatic carbocycles. The van der Waals surface area contributed by atoms with Crippen LogP contribution in [-0.4, -0.2) is 67.2 Å². The Morgan fingerprint density at radius 2 is 1.76 bits per heavy atom. The summed E-state index contributed by atoms with van der Waals surface area (Å²) >= 11 is 0. The summed E-state index contributed by atoms with van der Waals surface area (Å²) in [4.78, 5) is 31.7. The number of carbonyl (C=O) groups is 1. The van der Waals surface area contributed by atoms with Gasteiger partial charge in [-0.15, -0.1) is 0 Å². The van der Waals surface area contributed by atoms with Crippen molar-refractivity contribution < 1.29 is 13.9 Å². The van der Waals surface area contributed by atoms with Crippen LogP contribution in [0.5, 0.6) is 5.75 Å². The average molecular weight is 619 g/mol. The molecule has 0 saturated carbocycles. The van der Waals surface area contributed by atoms with Gasteiger partial charge in [-0.1, -0.05) is 20.8 Å². The maximum atomic E-state index is 14.8. The highest BCUT2D eigenvalue weighted by Gasteiger charge is 2.22. The summed E-state index contributed by atoms with van der Waals surface area (Å²) in [5.41, 5.74) is 6.01. The number of nitrogens with zero attached hydrogens (tertiary/aromatic N) is 5. The lowest BCUT2D eigenvalue weighted by molar-refractivity contribution is -0.123. The van der Waals surface area contributed by atoms with E-state index in [1.165, 1.54) is 25.0 Å². The minimum atomic E-state index is -0.536. The Morgan fingerprint density at radius 1 is 0.935 bits per heavy atom. The lowest BCUT2D eigenvalue weighted by Crippen LogP contribution is -2.27. The maximum Gasteiger partial charge on any atom is 0.229 e. The highest BCUT2D eigenvalue weighted by atomic mass is 19.1. The molecule has 1 fully saturated rings. The van der Waals surface area contributed by atoms with Crippen LogP contribution in [0.15, 0.2) is 67.4 Å². The van der Waals surface area contributed by atoms with Crippen LogP contribution in [0, 0.1) is 11.2 Å². The van der Waals surface area contributed by atoms with Crippen LogP contribution in [0.2, 0.25) is 0 Å². The summed E-state index contributed by atoms with van der Waals surface area (Å²) in [6.07, 6.45) is 11.0. The van der Waals surface area contributed by atoms with E-state index in [0.29, 0.717) is 35.0 Å². The molecule has 0 spiro atoms. The fourth-order valence-corrected chi connectivity index (χ4v) is 5.76. The number of H-pyrrole nitrogens is 2. The quantitative estimate of drug-likeness (QED) is 0.171. The van der Waals surface area contributed by atoms with Gasteiger partial charge < -0.3 is 15.0 Å². The number of fused-ring (bicyclic) bond motifs is 2. The van der Waals surface area contributed by atoms with E-state index in [-0.39, 0.29) is 11.7 Å². The van der Waals surface area contributed by atoms with Crippen LogP contribution in [0.25, 0.3) is 55.6 Å². The standard InChI is InChI=1S/C35H35FN8O2/c1-35(2,3)34(45)40-24-11-22(16-37-17-24)29-15-27-32(20-39-29)42-43-33(27)30-14-26-28(18-38-19-31(26)41-30)21-10-23(36)13-25(12-21)46-9-8-44-6-4-5-7-44/h10-20,41H,4-9H2,1-3H3,(H,40,45)(H,42,43). The predicted molar refractivity (Wildman–Crippen MR) is 177 cm³/mol. The van der Waals surface area contributed by atoms with E-state index in [2.05, 4.69) is 40.3 Å². The van der Waals surface area contributed by atoms with Crippen molar-refractivity contribution in [2.45, 2.75) is 33.6 Å². The molecule has 10 nitrogen and oxygen atoms in total. The van der Waals surface area contributed by atoms with E-state index in [0.717, 1.165) is 58.3 Å². The van der Waals surface area contributed by atoms with Gasteiger partial charge in [0.15, 0.2) is 0 Å². The number of pyridine rings is 3. The number of rotatable bonds is 8. The average Bonchev–Trinajstić information content (AvgIpc) is 3.80. The third-order valence-corrected chi connectivity index (χ3v) is 8.28. The molecule has 1 aromatic carbocycles. The third kappa shape index (κ3) is 6.05. The van der Waals surface area contributed by atoms with E-state index in [9.17, 15) is 9.18 Å². The molecule has 0 radical (unpaired) electrons. The zero-order valence-corrected chi connectivity index (χ0v) is 26.0. The normalized spacial score (nSPS) is 13.9. The second-order valence-electron chi connectivity index (χ2n) is 12.8. The molecule has 7 rings (SSSR count). The van der Waals surface area contributed by atoms with Gasteiger partial charge in [0.2, 0.25) is 5.91 Å². The fraction of sp³-hybridized carbons (Fsp3) is 0.286. The first kappa shape index (κ1) is 29.5. The maximum absolute atomic E-state index is 14.8. The van der Waals surface area contributed by atoms with Crippen molar-refractivity contribution in [3.63, 3.8) is 0 Å². The van der Waals surface area contributed by atoms with Crippen LogP contribution in [0.1, 0.15) is 33.6 Å². The first-order chi connectivity index (χ1) is 22.2. The molecule has 1 amide bonds. The van der Waals surface area contributed by atoms with Gasteiger partial charge in [0.25, 0.3) is 0 Å². The zero-order chi connectivity index (χ0) is 31.8. The molecular formula is C35H35FN8O2. The number of carbonyl (C=O) groups excluding carboxylic acids is 1. The van der Waals surface area contributed by atoms with Crippen LogP contribution >= 0.6 is 0 Å². The van der Waals surface area contributed by atoms with E-state index in [1.807, 2.05) is 45.0 Å². The van der Waals surface area contributed by atoms with Gasteiger partial charge >= 0.3 is 0 Å². The van der Waals surface area contributed by atoms with Gasteiger partial charge in [-0.3, -0.25) is 29.7 Å². The lowest BCUT2D eigenvalue weighted by atomic mass is 9.95. The Labute approximate surface area is 265 Å². The monoisotopic (exact) mass is 618 g/mol. The summed E-state index contributed by atoms with van der Waals surface area (Å²) in [6.45, 7) is 9.10. The van der Waals surface area contributed by atoms with Crippen molar-refractivity contribution in [2.24, 2.45) is 5.41 Å². The molecule has 0 bridgehead atoms. The Bertz CT molecular complexity index is 2060. The second-order valence-corrected chi connectivity index (χ2v) is 12.8. The minimum Gasteiger partial charge on any atom is -0.492 e. The Kier molecular flexibility index (Phi) is 7.69. The topological polar surface area (TPSA) is 125 Å². The first-order valence-corrected chi connectivity index (χ1v) is 15.5. The van der Waals surface area contributed by atoms with Crippen molar-refractivity contribution >= 4 is 33.4 Å². The highest BCUT2D eigenvalue weighted by Crippen LogP contribution is 2.36. The Hall–Kier alpha value is -5.16. The molecule has 11 heteroatoms. The van der Waals surface area contributed by atoms with Crippen molar-refractivity contribution in [1.29, 1.82) is 0 Å². The molecule has 234 valence electrons. The number of aromatic amines is 2. The van der Waals surface area contributed by atoms with Gasteiger partial charge in [-0.05, 0) is 61.8 Å². The summed E-state index contributed by atoms with van der Waals surface area (Å²) in [6, 6.07) is 10.6. The van der Waals surface area contributed by atoms with Crippen molar-refractivity contribution in [3.8, 4) is 39.5 Å². The van der Waals surface area contributed by atoms with Gasteiger partial charge in [0.05, 0.1) is 46.7 Å². The number of aromatic nitrogens is 6.